The van der Waals surface area contributed by atoms with E-state index in [1.165, 1.54) is 0 Å². The molecule has 0 aromatic rings. The Balaban J connectivity index is 3.43. The number of unbranched alkanes of at least 4 members (excludes halogenated alkanes) is 1. The van der Waals surface area contributed by atoms with E-state index in [0.717, 1.165) is 19.3 Å². The van der Waals surface area contributed by atoms with Gasteiger partial charge in [0.15, 0.2) is 5.90 Å². The Bertz CT molecular complexity index is 136. The molecule has 0 fully saturated rings. The molecule has 0 aliphatic carbocycles. The first-order valence-electron chi connectivity index (χ1n) is 3.81. The minimum absolute atomic E-state index is 0.118. The maximum atomic E-state index is 7.39. The quantitative estimate of drug-likeness (QED) is 0.354. The fourth-order valence-electron chi connectivity index (χ4n) is 0.624. The van der Waals surface area contributed by atoms with Gasteiger partial charge in [-0.25, -0.2) is 0 Å². The van der Waals surface area contributed by atoms with Crippen molar-refractivity contribution in [3.8, 4) is 0 Å². The molecule has 0 saturated heterocycles. The van der Waals surface area contributed by atoms with Crippen LogP contribution in [0.5, 0.6) is 0 Å². The molecule has 0 aliphatic rings. The third-order valence-corrected chi connectivity index (χ3v) is 2.77. The van der Waals surface area contributed by atoms with E-state index in [9.17, 15) is 0 Å². The van der Waals surface area contributed by atoms with Crippen molar-refractivity contribution in [3.63, 3.8) is 0 Å². The summed E-state index contributed by atoms with van der Waals surface area (Å²) in [6.07, 6.45) is 2.96. The molecule has 2 nitrogen and oxygen atoms in total. The van der Waals surface area contributed by atoms with Crippen molar-refractivity contribution in [2.24, 2.45) is 0 Å². The molecule has 0 aliphatic heterocycles. The molecule has 0 saturated carbocycles. The number of halogens is 1. The van der Waals surface area contributed by atoms with E-state index in [2.05, 4.69) is 11.4 Å². The molecular weight excluding hydrogens is 253 g/mol. The minimum Gasteiger partial charge on any atom is -0.468 e. The van der Waals surface area contributed by atoms with Crippen molar-refractivity contribution in [2.45, 2.75) is 37.2 Å². The summed E-state index contributed by atoms with van der Waals surface area (Å²) in [6, 6.07) is 0. The Morgan fingerprint density at radius 1 is 1.73 bits per heavy atom. The summed E-state index contributed by atoms with van der Waals surface area (Å²) in [5.74, 6) is 0.433. The number of hydrogen-bond donors (Lipinski definition) is 1. The summed E-state index contributed by atoms with van der Waals surface area (Å²) in [4.78, 5) is 0. The molecule has 66 valence electrons. The summed E-state index contributed by atoms with van der Waals surface area (Å²) in [5, 5.41) is 7.39. The lowest BCUT2D eigenvalue weighted by Crippen LogP contribution is -2.08. The smallest absolute Gasteiger partial charge is 0.181 e. The van der Waals surface area contributed by atoms with Crippen LogP contribution in [0.1, 0.15) is 33.1 Å². The average Bonchev–Trinajstić information content (AvgIpc) is 2.00. The van der Waals surface area contributed by atoms with Gasteiger partial charge >= 0.3 is 0 Å². The molecule has 0 heterocycles. The molecule has 3 heteroatoms. The summed E-state index contributed by atoms with van der Waals surface area (Å²) < 4.78 is 9.29. The van der Waals surface area contributed by atoms with Crippen LogP contribution in [0.2, 0.25) is 0 Å². The monoisotopic (exact) mass is 269 g/mol. The van der Waals surface area contributed by atoms with Gasteiger partial charge in [0.1, 0.15) is 4.11 Å². The third-order valence-electron chi connectivity index (χ3n) is 1.28. The van der Waals surface area contributed by atoms with Gasteiger partial charge < -0.3 is 4.74 Å². The molecule has 0 bridgehead atoms. The van der Waals surface area contributed by atoms with Crippen molar-refractivity contribution in [1.82, 2.24) is 0 Å². The van der Waals surface area contributed by atoms with Crippen molar-refractivity contribution < 1.29 is 4.74 Å². The average molecular weight is 269 g/mol. The zero-order valence-electron chi connectivity index (χ0n) is 7.19. The molecule has 1 atom stereocenters. The van der Waals surface area contributed by atoms with Crippen LogP contribution in [0.25, 0.3) is 0 Å². The number of nitrogens with one attached hydrogen (secondary N) is 1. The zero-order chi connectivity index (χ0) is 8.69. The van der Waals surface area contributed by atoms with Crippen LogP contribution in [-0.2, 0) is 4.74 Å². The Morgan fingerprint density at radius 3 is 2.82 bits per heavy atom. The Labute approximate surface area is 78.6 Å². The summed E-state index contributed by atoms with van der Waals surface area (Å²) >= 11 is -0.118. The molecule has 1 N–H and O–H groups in total. The summed E-state index contributed by atoms with van der Waals surface area (Å²) in [5.41, 5.74) is 0. The van der Waals surface area contributed by atoms with E-state index in [4.69, 9.17) is 10.1 Å². The standard InChI is InChI=1S/C8H16INO/c1-4-5-6-8(10)11-7(2)9-3/h7,10H,3-6H2,1-2H3. The van der Waals surface area contributed by atoms with E-state index in [-0.39, 0.29) is 24.8 Å². The van der Waals surface area contributed by atoms with Crippen LogP contribution >= 0.6 is 20.7 Å². The van der Waals surface area contributed by atoms with Gasteiger partial charge in [0.2, 0.25) is 0 Å². The number of ether oxygens (including phenoxy) is 1. The van der Waals surface area contributed by atoms with Gasteiger partial charge in [-0.3, -0.25) is 5.41 Å². The maximum Gasteiger partial charge on any atom is 0.181 e. The Kier molecular flexibility index (Phi) is 6.80. The van der Waals surface area contributed by atoms with E-state index in [1.807, 2.05) is 6.92 Å². The summed E-state index contributed by atoms with van der Waals surface area (Å²) in [6.45, 7) is 4.10. The van der Waals surface area contributed by atoms with Gasteiger partial charge in [0, 0.05) is 6.42 Å². The molecular formula is C8H16INO. The summed E-state index contributed by atoms with van der Waals surface area (Å²) in [7, 11) is 0. The molecule has 0 radical (unpaired) electrons. The molecule has 1 unspecified atom stereocenters. The van der Waals surface area contributed by atoms with E-state index < -0.39 is 0 Å². The second-order valence-electron chi connectivity index (χ2n) is 2.34. The van der Waals surface area contributed by atoms with E-state index in [1.54, 1.807) is 0 Å². The maximum absolute atomic E-state index is 7.39. The van der Waals surface area contributed by atoms with Crippen LogP contribution < -0.4 is 0 Å². The van der Waals surface area contributed by atoms with Crippen LogP contribution in [0.3, 0.4) is 0 Å². The van der Waals surface area contributed by atoms with Crippen molar-refractivity contribution in [2.75, 3.05) is 0 Å². The lowest BCUT2D eigenvalue weighted by Gasteiger charge is -2.09. The van der Waals surface area contributed by atoms with Crippen molar-refractivity contribution >= 4 is 31.1 Å². The molecule has 0 rings (SSSR count). The van der Waals surface area contributed by atoms with Gasteiger partial charge in [-0.2, -0.15) is 0 Å². The molecule has 0 aromatic carbocycles. The lowest BCUT2D eigenvalue weighted by atomic mass is 10.2. The molecule has 11 heavy (non-hydrogen) atoms. The fraction of sp³-hybridized carbons (Fsp3) is 0.750. The predicted molar refractivity (Wildman–Crippen MR) is 58.9 cm³/mol. The zero-order valence-corrected chi connectivity index (χ0v) is 9.35. The highest BCUT2D eigenvalue weighted by Gasteiger charge is 2.00. The van der Waals surface area contributed by atoms with Gasteiger partial charge in [0.25, 0.3) is 0 Å². The van der Waals surface area contributed by atoms with Crippen LogP contribution in [0.4, 0.5) is 0 Å². The first kappa shape index (κ1) is 11.1. The highest BCUT2D eigenvalue weighted by atomic mass is 127. The molecule has 0 spiro atoms. The van der Waals surface area contributed by atoms with Gasteiger partial charge in [0.05, 0.1) is 0 Å². The molecule has 0 aromatic heterocycles. The first-order chi connectivity index (χ1) is 5.20. The number of rotatable bonds is 5. The molecule has 0 amide bonds. The van der Waals surface area contributed by atoms with Crippen LogP contribution in [0.15, 0.2) is 0 Å². The highest BCUT2D eigenvalue weighted by molar-refractivity contribution is 14.2. The Hall–Kier alpha value is 0.0700. The fourth-order valence-corrected chi connectivity index (χ4v) is 1.11. The minimum atomic E-state index is -0.118. The van der Waals surface area contributed by atoms with Gasteiger partial charge in [-0.05, 0) is 13.3 Å². The van der Waals surface area contributed by atoms with Crippen molar-refractivity contribution in [3.05, 3.63) is 0 Å². The number of alkyl halides is 1. The van der Waals surface area contributed by atoms with E-state index in [0.29, 0.717) is 5.90 Å². The van der Waals surface area contributed by atoms with Crippen molar-refractivity contribution in [1.29, 1.82) is 5.41 Å². The second kappa shape index (κ2) is 6.76. The highest BCUT2D eigenvalue weighted by Crippen LogP contribution is 2.09. The van der Waals surface area contributed by atoms with E-state index >= 15 is 0 Å². The third kappa shape index (κ3) is 6.47. The lowest BCUT2D eigenvalue weighted by molar-refractivity contribution is 0.295. The van der Waals surface area contributed by atoms with Crippen LogP contribution in [-0.4, -0.2) is 14.5 Å². The normalized spacial score (nSPS) is 12.5. The Morgan fingerprint density at radius 2 is 2.36 bits per heavy atom. The van der Waals surface area contributed by atoms with Gasteiger partial charge in [-0.1, -0.05) is 38.6 Å². The second-order valence-corrected chi connectivity index (χ2v) is 4.98. The SMILES string of the molecule is C=IC(C)OC(=N)CCCC. The predicted octanol–water partition coefficient (Wildman–Crippen LogP) is 2.92. The largest absolute Gasteiger partial charge is 0.468 e. The topological polar surface area (TPSA) is 33.1 Å². The van der Waals surface area contributed by atoms with Crippen LogP contribution in [0, 0.1) is 5.41 Å². The first-order valence-corrected chi connectivity index (χ1v) is 6.58. The van der Waals surface area contributed by atoms with Gasteiger partial charge in [-0.15, -0.1) is 0 Å². The number of hydrogen-bond acceptors (Lipinski definition) is 2.